The Hall–Kier alpha value is -1.84. The number of ether oxygens (including phenoxy) is 1. The predicted octanol–water partition coefficient (Wildman–Crippen LogP) is 6.25. The van der Waals surface area contributed by atoms with Gasteiger partial charge >= 0.3 is 226 Å². The fraction of sp³-hybridized carbons (Fsp3) is 0.370. The van der Waals surface area contributed by atoms with Crippen molar-refractivity contribution < 1.29 is 19.1 Å². The van der Waals surface area contributed by atoms with Crippen molar-refractivity contribution in [1.29, 1.82) is 0 Å². The molecular formula is C27H27Cl2NO4Te. The fourth-order valence-corrected chi connectivity index (χ4v) is 8.45. The summed E-state index contributed by atoms with van der Waals surface area (Å²) < 4.78 is 7.45. The topological polar surface area (TPSA) is 63.7 Å². The number of anilines is 1. The van der Waals surface area contributed by atoms with Crippen LogP contribution in [0.3, 0.4) is 0 Å². The van der Waals surface area contributed by atoms with E-state index >= 15 is 0 Å². The third-order valence-electron chi connectivity index (χ3n) is 6.85. The van der Waals surface area contributed by atoms with Crippen LogP contribution in [-0.4, -0.2) is 44.5 Å². The maximum absolute atomic E-state index is 13.1. The zero-order valence-corrected chi connectivity index (χ0v) is 24.3. The number of benzene rings is 1. The second kappa shape index (κ2) is 9.56. The summed E-state index contributed by atoms with van der Waals surface area (Å²) in [4.78, 5) is 40.1. The van der Waals surface area contributed by atoms with Crippen LogP contribution in [-0.2, 0) is 10.2 Å². The van der Waals surface area contributed by atoms with Crippen molar-refractivity contribution in [3.8, 4) is 3.77 Å². The SMILES string of the molecule is CC(=O)Oc1cc2c([te]1)N(CC(C)C(C)C)/C(=C/C=C1C(=O)c3c(Cl)ccc(Cl)c3C1=O)C2(C)C. The molecule has 0 saturated heterocycles. The predicted molar refractivity (Wildman–Crippen MR) is 140 cm³/mol. The van der Waals surface area contributed by atoms with Crippen molar-refractivity contribution in [2.75, 3.05) is 11.4 Å². The zero-order chi connectivity index (χ0) is 25.8. The summed E-state index contributed by atoms with van der Waals surface area (Å²) in [6.07, 6.45) is 3.50. The van der Waals surface area contributed by atoms with Crippen LogP contribution in [0.2, 0.25) is 10.0 Å². The Morgan fingerprint density at radius 2 is 1.66 bits per heavy atom. The van der Waals surface area contributed by atoms with Gasteiger partial charge in [-0.25, -0.2) is 0 Å². The third kappa shape index (κ3) is 4.55. The van der Waals surface area contributed by atoms with E-state index in [-0.39, 0.29) is 38.1 Å². The van der Waals surface area contributed by atoms with Gasteiger partial charge in [-0.15, -0.1) is 0 Å². The molecule has 1 aliphatic carbocycles. The molecule has 0 spiro atoms. The van der Waals surface area contributed by atoms with Crippen LogP contribution >= 0.6 is 23.2 Å². The molecule has 0 bridgehead atoms. The minimum atomic E-state index is -0.891. The quantitative estimate of drug-likeness (QED) is 0.170. The Morgan fingerprint density at radius 3 is 2.17 bits per heavy atom. The number of hydrogen-bond donors (Lipinski definition) is 0. The number of allylic oxidation sites excluding steroid dienone is 4. The molecule has 8 heteroatoms. The molecular weight excluding hydrogens is 601 g/mol. The Labute approximate surface area is 225 Å². The second-order valence-corrected chi connectivity index (χ2v) is 13.6. The van der Waals surface area contributed by atoms with Crippen molar-refractivity contribution in [3.05, 3.63) is 68.4 Å². The first-order valence-electron chi connectivity index (χ1n) is 11.4. The molecule has 1 aromatic carbocycles. The van der Waals surface area contributed by atoms with Crippen molar-refractivity contribution in [2.24, 2.45) is 11.8 Å². The molecule has 2 aromatic rings. The molecule has 1 atom stereocenters. The molecule has 0 fully saturated rings. The molecule has 1 aliphatic heterocycles. The maximum atomic E-state index is 13.1. The Bertz CT molecular complexity index is 1280. The summed E-state index contributed by atoms with van der Waals surface area (Å²) >= 11 is 11.6. The van der Waals surface area contributed by atoms with Crippen LogP contribution in [0.4, 0.5) is 3.70 Å². The second-order valence-electron chi connectivity index (χ2n) is 9.90. The van der Waals surface area contributed by atoms with Gasteiger partial charge in [-0.2, -0.15) is 0 Å². The van der Waals surface area contributed by atoms with Crippen LogP contribution in [0.15, 0.2) is 41.6 Å². The van der Waals surface area contributed by atoms with Gasteiger partial charge in [-0.05, 0) is 0 Å². The summed E-state index contributed by atoms with van der Waals surface area (Å²) in [6, 6.07) is 5.08. The van der Waals surface area contributed by atoms with Crippen LogP contribution in [0.1, 0.15) is 67.8 Å². The van der Waals surface area contributed by atoms with Gasteiger partial charge in [0, 0.05) is 0 Å². The van der Waals surface area contributed by atoms with Crippen molar-refractivity contribution in [2.45, 2.75) is 47.0 Å². The summed E-state index contributed by atoms with van der Waals surface area (Å²) in [5.41, 5.74) is 2.17. The van der Waals surface area contributed by atoms with Crippen molar-refractivity contribution in [1.82, 2.24) is 0 Å². The first-order valence-corrected chi connectivity index (χ1v) is 14.5. The standard InChI is InChI=1S/C27H27Cl2NO4Te/c1-13(2)14(3)12-30-20(27(5,6)17-11-21(34-15(4)31)35-26(17)30)10-7-16-24(32)22-18(28)8-9-19(29)23(22)25(16)33/h7-11,13-14H,12H2,1-6H3/b20-10+. The number of fused-ring (bicyclic) bond motifs is 2. The van der Waals surface area contributed by atoms with Gasteiger partial charge in [-0.3, -0.25) is 0 Å². The van der Waals surface area contributed by atoms with Gasteiger partial charge in [0.1, 0.15) is 0 Å². The normalized spacial score (nSPS) is 18.4. The first kappa shape index (κ1) is 26.2. The number of nitrogens with zero attached hydrogens (tertiary/aromatic N) is 1. The third-order valence-corrected chi connectivity index (χ3v) is 10.4. The number of ketones is 2. The fourth-order valence-electron chi connectivity index (χ4n) is 4.44. The van der Waals surface area contributed by atoms with E-state index in [1.165, 1.54) is 22.8 Å². The van der Waals surface area contributed by atoms with Crippen LogP contribution in [0.5, 0.6) is 3.77 Å². The summed E-state index contributed by atoms with van der Waals surface area (Å²) in [5.74, 6) is -0.243. The summed E-state index contributed by atoms with van der Waals surface area (Å²) in [5, 5.41) is 0.448. The molecule has 0 N–H and O–H groups in total. The van der Waals surface area contributed by atoms with E-state index in [1.807, 2.05) is 12.1 Å². The molecule has 0 saturated carbocycles. The Balaban J connectivity index is 1.80. The molecule has 35 heavy (non-hydrogen) atoms. The van der Waals surface area contributed by atoms with Crippen LogP contribution in [0.25, 0.3) is 0 Å². The number of rotatable bonds is 5. The average Bonchev–Trinajstić information content (AvgIpc) is 3.34. The van der Waals surface area contributed by atoms with Gasteiger partial charge in [-0.1, -0.05) is 0 Å². The van der Waals surface area contributed by atoms with Crippen LogP contribution in [0, 0.1) is 11.8 Å². The van der Waals surface area contributed by atoms with Gasteiger partial charge in [0.25, 0.3) is 0 Å². The number of Topliss-reactive ketones (excluding diaryl/α,β-unsaturated/α-hetero) is 2. The monoisotopic (exact) mass is 629 g/mol. The molecule has 0 amide bonds. The molecule has 4 rings (SSSR count). The van der Waals surface area contributed by atoms with E-state index in [9.17, 15) is 14.4 Å². The van der Waals surface area contributed by atoms with Crippen LogP contribution < -0.4 is 9.64 Å². The molecule has 184 valence electrons. The Morgan fingerprint density at radius 1 is 1.09 bits per heavy atom. The van der Waals surface area contributed by atoms with E-state index in [2.05, 4.69) is 39.5 Å². The van der Waals surface area contributed by atoms with Crippen molar-refractivity contribution >= 4 is 64.9 Å². The molecule has 2 heterocycles. The van der Waals surface area contributed by atoms with E-state index < -0.39 is 32.0 Å². The van der Waals surface area contributed by atoms with E-state index in [1.54, 1.807) is 6.08 Å². The molecule has 0 radical (unpaired) electrons. The molecule has 2 aliphatic rings. The number of hydrogen-bond acceptors (Lipinski definition) is 5. The number of carbonyl (C=O) groups is 3. The summed E-state index contributed by atoms with van der Waals surface area (Å²) in [7, 11) is 0. The zero-order valence-electron chi connectivity index (χ0n) is 20.5. The van der Waals surface area contributed by atoms with Gasteiger partial charge in [0.05, 0.1) is 0 Å². The number of halogens is 2. The van der Waals surface area contributed by atoms with E-state index in [0.717, 1.165) is 21.6 Å². The van der Waals surface area contributed by atoms with E-state index in [4.69, 9.17) is 27.9 Å². The molecule has 5 nitrogen and oxygen atoms in total. The van der Waals surface area contributed by atoms with Gasteiger partial charge < -0.3 is 0 Å². The summed E-state index contributed by atoms with van der Waals surface area (Å²) in [6.45, 7) is 13.1. The molecule has 1 unspecified atom stereocenters. The van der Waals surface area contributed by atoms with E-state index in [0.29, 0.717) is 11.8 Å². The average molecular weight is 628 g/mol. The van der Waals surface area contributed by atoms with Crippen molar-refractivity contribution in [3.63, 3.8) is 0 Å². The van der Waals surface area contributed by atoms with Gasteiger partial charge in [0.15, 0.2) is 0 Å². The Kier molecular flexibility index (Phi) is 7.16. The van der Waals surface area contributed by atoms with Gasteiger partial charge in [0.2, 0.25) is 0 Å². The number of carbonyl (C=O) groups excluding carboxylic acids is 3. The number of esters is 1. The first-order chi connectivity index (χ1) is 16.3. The molecule has 1 aromatic heterocycles. The minimum absolute atomic E-state index is 0.0647.